The maximum absolute atomic E-state index is 12.0. The van der Waals surface area contributed by atoms with Crippen molar-refractivity contribution in [1.82, 2.24) is 15.1 Å². The van der Waals surface area contributed by atoms with Gasteiger partial charge < -0.3 is 14.2 Å². The molecule has 0 fully saturated rings. The van der Waals surface area contributed by atoms with Crippen LogP contribution in [-0.4, -0.2) is 15.7 Å². The number of thiophene rings is 1. The topological polar surface area (TPSA) is 90.3 Å². The van der Waals surface area contributed by atoms with Crippen molar-refractivity contribution in [2.45, 2.75) is 19.5 Å². The lowest BCUT2D eigenvalue weighted by Crippen LogP contribution is -2.32. The van der Waals surface area contributed by atoms with Crippen LogP contribution in [-0.2, 0) is 11.3 Å². The van der Waals surface area contributed by atoms with Crippen molar-refractivity contribution in [1.29, 1.82) is 0 Å². The summed E-state index contributed by atoms with van der Waals surface area (Å²) < 4.78 is 11.0. The van der Waals surface area contributed by atoms with Gasteiger partial charge in [-0.1, -0.05) is 6.07 Å². The summed E-state index contributed by atoms with van der Waals surface area (Å²) in [7, 11) is 0. The molecule has 8 heteroatoms. The van der Waals surface area contributed by atoms with Gasteiger partial charge in [0.2, 0.25) is 5.91 Å². The van der Waals surface area contributed by atoms with Crippen LogP contribution >= 0.6 is 11.3 Å². The van der Waals surface area contributed by atoms with E-state index in [4.69, 9.17) is 8.83 Å². The molecular formula is C14H13N3O4S. The largest absolute Gasteiger partial charge is 0.459 e. The van der Waals surface area contributed by atoms with Gasteiger partial charge >= 0.3 is 5.76 Å². The summed E-state index contributed by atoms with van der Waals surface area (Å²) in [4.78, 5) is 24.7. The highest BCUT2D eigenvalue weighted by Gasteiger charge is 2.16. The number of carbonyl (C=O) groups is 1. The van der Waals surface area contributed by atoms with Gasteiger partial charge in [-0.2, -0.15) is 4.68 Å². The Balaban J connectivity index is 1.68. The first-order valence-corrected chi connectivity index (χ1v) is 7.46. The standard InChI is InChI=1S/C14H13N3O4S/c1-9(11-5-3-7-22-11)15-12(18)8-17-14(19)21-13(16-17)10-4-2-6-20-10/h2-7,9H,8H2,1H3,(H,15,18). The monoisotopic (exact) mass is 319 g/mol. The molecule has 0 saturated heterocycles. The minimum absolute atomic E-state index is 0.0501. The number of amides is 1. The molecule has 0 aliphatic rings. The van der Waals surface area contributed by atoms with Crippen LogP contribution in [0.5, 0.6) is 0 Å². The Morgan fingerprint density at radius 2 is 2.32 bits per heavy atom. The highest BCUT2D eigenvalue weighted by molar-refractivity contribution is 7.10. The third-order valence-corrected chi connectivity index (χ3v) is 4.03. The van der Waals surface area contributed by atoms with E-state index in [1.807, 2.05) is 24.4 Å². The first-order valence-electron chi connectivity index (χ1n) is 6.58. The Bertz CT molecular complexity index is 802. The summed E-state index contributed by atoms with van der Waals surface area (Å²) in [6.45, 7) is 1.67. The second-order valence-electron chi connectivity index (χ2n) is 4.61. The van der Waals surface area contributed by atoms with Gasteiger partial charge in [0, 0.05) is 4.88 Å². The van der Waals surface area contributed by atoms with Gasteiger partial charge in [0.05, 0.1) is 12.3 Å². The Hall–Kier alpha value is -2.61. The SMILES string of the molecule is CC(NC(=O)Cn1nc(-c2ccco2)oc1=O)c1cccs1. The second kappa shape index (κ2) is 6.02. The molecule has 7 nitrogen and oxygen atoms in total. The van der Waals surface area contributed by atoms with Crippen LogP contribution < -0.4 is 11.1 Å². The summed E-state index contributed by atoms with van der Waals surface area (Å²) in [6, 6.07) is 7.01. The zero-order valence-corrected chi connectivity index (χ0v) is 12.5. The maximum Gasteiger partial charge on any atom is 0.437 e. The molecule has 0 radical (unpaired) electrons. The number of carbonyl (C=O) groups excluding carboxylic acids is 1. The van der Waals surface area contributed by atoms with Gasteiger partial charge in [0.1, 0.15) is 6.54 Å². The molecular weight excluding hydrogens is 306 g/mol. The molecule has 1 amide bonds. The predicted molar refractivity (Wildman–Crippen MR) is 79.3 cm³/mol. The van der Waals surface area contributed by atoms with Crippen molar-refractivity contribution in [2.24, 2.45) is 0 Å². The molecule has 22 heavy (non-hydrogen) atoms. The van der Waals surface area contributed by atoms with Crippen molar-refractivity contribution < 1.29 is 13.6 Å². The fourth-order valence-electron chi connectivity index (χ4n) is 1.94. The second-order valence-corrected chi connectivity index (χ2v) is 5.59. The van der Waals surface area contributed by atoms with E-state index in [1.54, 1.807) is 23.5 Å². The van der Waals surface area contributed by atoms with Gasteiger partial charge in [-0.3, -0.25) is 4.79 Å². The molecule has 3 heterocycles. The zero-order chi connectivity index (χ0) is 15.5. The summed E-state index contributed by atoms with van der Waals surface area (Å²) in [5.41, 5.74) is 0. The van der Waals surface area contributed by atoms with E-state index >= 15 is 0 Å². The van der Waals surface area contributed by atoms with E-state index in [9.17, 15) is 9.59 Å². The molecule has 1 atom stereocenters. The Kier molecular flexibility index (Phi) is 3.92. The first kappa shape index (κ1) is 14.3. The fourth-order valence-corrected chi connectivity index (χ4v) is 2.67. The van der Waals surface area contributed by atoms with E-state index in [1.165, 1.54) is 6.26 Å². The van der Waals surface area contributed by atoms with Crippen LogP contribution in [0, 0.1) is 0 Å². The van der Waals surface area contributed by atoms with E-state index in [2.05, 4.69) is 10.4 Å². The van der Waals surface area contributed by atoms with E-state index in [0.29, 0.717) is 5.76 Å². The third-order valence-electron chi connectivity index (χ3n) is 2.98. The van der Waals surface area contributed by atoms with Gasteiger partial charge in [-0.25, -0.2) is 4.79 Å². The molecule has 114 valence electrons. The first-order chi connectivity index (χ1) is 10.6. The van der Waals surface area contributed by atoms with Crippen molar-refractivity contribution >= 4 is 17.2 Å². The molecule has 1 unspecified atom stereocenters. The highest BCUT2D eigenvalue weighted by Crippen LogP contribution is 2.18. The highest BCUT2D eigenvalue weighted by atomic mass is 32.1. The van der Waals surface area contributed by atoms with Crippen molar-refractivity contribution in [3.05, 3.63) is 51.3 Å². The summed E-state index contributed by atoms with van der Waals surface area (Å²) in [6.07, 6.45) is 1.45. The number of hydrogen-bond acceptors (Lipinski definition) is 6. The Labute approximate surface area is 129 Å². The zero-order valence-electron chi connectivity index (χ0n) is 11.7. The average molecular weight is 319 g/mol. The predicted octanol–water partition coefficient (Wildman–Crippen LogP) is 2.04. The van der Waals surface area contributed by atoms with Gasteiger partial charge in [-0.15, -0.1) is 16.4 Å². The molecule has 0 aromatic carbocycles. The number of nitrogens with zero attached hydrogens (tertiary/aromatic N) is 2. The average Bonchev–Trinajstić information content (AvgIpc) is 3.19. The third kappa shape index (κ3) is 3.01. The molecule has 0 bridgehead atoms. The van der Waals surface area contributed by atoms with Crippen molar-refractivity contribution in [2.75, 3.05) is 0 Å². The molecule has 1 N–H and O–H groups in total. The van der Waals surface area contributed by atoms with Crippen LogP contribution in [0.1, 0.15) is 17.8 Å². The number of nitrogens with one attached hydrogen (secondary N) is 1. The van der Waals surface area contributed by atoms with Crippen LogP contribution in [0.2, 0.25) is 0 Å². The fraction of sp³-hybridized carbons (Fsp3) is 0.214. The minimum atomic E-state index is -0.703. The molecule has 3 rings (SSSR count). The van der Waals surface area contributed by atoms with E-state index in [-0.39, 0.29) is 24.4 Å². The lowest BCUT2D eigenvalue weighted by molar-refractivity contribution is -0.122. The van der Waals surface area contributed by atoms with Crippen molar-refractivity contribution in [3.63, 3.8) is 0 Å². The van der Waals surface area contributed by atoms with Gasteiger partial charge in [0.25, 0.3) is 5.89 Å². The number of hydrogen-bond donors (Lipinski definition) is 1. The molecule has 0 saturated carbocycles. The number of furan rings is 1. The number of aromatic nitrogens is 2. The smallest absolute Gasteiger partial charge is 0.437 e. The van der Waals surface area contributed by atoms with Crippen molar-refractivity contribution in [3.8, 4) is 11.7 Å². The summed E-state index contributed by atoms with van der Waals surface area (Å²) in [5, 5.41) is 8.70. The summed E-state index contributed by atoms with van der Waals surface area (Å²) in [5.74, 6) is -0.634. The van der Waals surface area contributed by atoms with Crippen LogP contribution in [0.3, 0.4) is 0 Å². The molecule has 3 aromatic rings. The Morgan fingerprint density at radius 1 is 1.45 bits per heavy atom. The van der Waals surface area contributed by atoms with Crippen LogP contribution in [0.25, 0.3) is 11.7 Å². The normalized spacial score (nSPS) is 12.2. The van der Waals surface area contributed by atoms with Gasteiger partial charge in [-0.05, 0) is 30.5 Å². The lowest BCUT2D eigenvalue weighted by atomic mass is 10.3. The molecule has 0 aliphatic carbocycles. The maximum atomic E-state index is 12.0. The Morgan fingerprint density at radius 3 is 3.00 bits per heavy atom. The van der Waals surface area contributed by atoms with E-state index < -0.39 is 5.76 Å². The van der Waals surface area contributed by atoms with Crippen LogP contribution in [0.4, 0.5) is 0 Å². The number of rotatable bonds is 5. The van der Waals surface area contributed by atoms with Gasteiger partial charge in [0.15, 0.2) is 5.76 Å². The quantitative estimate of drug-likeness (QED) is 0.777. The molecule has 0 aliphatic heterocycles. The molecule has 0 spiro atoms. The van der Waals surface area contributed by atoms with Crippen LogP contribution in [0.15, 0.2) is 49.5 Å². The minimum Gasteiger partial charge on any atom is -0.459 e. The lowest BCUT2D eigenvalue weighted by Gasteiger charge is -2.11. The summed E-state index contributed by atoms with van der Waals surface area (Å²) >= 11 is 1.56. The van der Waals surface area contributed by atoms with E-state index in [0.717, 1.165) is 9.56 Å². The molecule has 3 aromatic heterocycles.